The molecule has 1 amide bonds. The first-order valence-electron chi connectivity index (χ1n) is 6.62. The van der Waals surface area contributed by atoms with Crippen LogP contribution in [0, 0.1) is 5.92 Å². The van der Waals surface area contributed by atoms with Gasteiger partial charge in [0.15, 0.2) is 11.5 Å². The summed E-state index contributed by atoms with van der Waals surface area (Å²) in [5.41, 5.74) is 0.465. The summed E-state index contributed by atoms with van der Waals surface area (Å²) in [6.45, 7) is 2.79. The molecular weight excluding hydrogens is 282 g/mol. The Kier molecular flexibility index (Phi) is 3.48. The lowest BCUT2D eigenvalue weighted by Gasteiger charge is -2.25. The highest BCUT2D eigenvalue weighted by atomic mass is 35.5. The molecule has 1 fully saturated rings. The predicted molar refractivity (Wildman–Crippen MR) is 73.3 cm³/mol. The molecule has 2 atom stereocenters. The number of halogens is 1. The summed E-state index contributed by atoms with van der Waals surface area (Å²) in [6.07, 6.45) is 0.898. The molecule has 1 N–H and O–H groups in total. The highest BCUT2D eigenvalue weighted by Gasteiger charge is 2.35. The summed E-state index contributed by atoms with van der Waals surface area (Å²) in [4.78, 5) is 14.3. The van der Waals surface area contributed by atoms with Crippen LogP contribution in [0.25, 0.3) is 0 Å². The molecule has 0 aromatic heterocycles. The number of nitrogens with zero attached hydrogens (tertiary/aromatic N) is 1. The van der Waals surface area contributed by atoms with Gasteiger partial charge in [-0.15, -0.1) is 0 Å². The summed E-state index contributed by atoms with van der Waals surface area (Å²) in [7, 11) is 0. The standard InChI is InChI=1S/C14H16ClNO4/c1-8-2-3-16(11(8)6-17)14(18)9-4-10(15)13-12(5-9)19-7-20-13/h4-5,8,11,17H,2-3,6-7H2,1H3. The lowest BCUT2D eigenvalue weighted by Crippen LogP contribution is -2.39. The van der Waals surface area contributed by atoms with E-state index in [1.807, 2.05) is 6.92 Å². The number of rotatable bonds is 2. The van der Waals surface area contributed by atoms with Crippen LogP contribution in [0.1, 0.15) is 23.7 Å². The summed E-state index contributed by atoms with van der Waals surface area (Å²) in [5.74, 6) is 1.15. The molecule has 0 spiro atoms. The van der Waals surface area contributed by atoms with Gasteiger partial charge in [0.2, 0.25) is 6.79 Å². The van der Waals surface area contributed by atoms with Crippen LogP contribution in [0.15, 0.2) is 12.1 Å². The lowest BCUT2D eigenvalue weighted by atomic mass is 10.0. The van der Waals surface area contributed by atoms with Gasteiger partial charge in [0.25, 0.3) is 5.91 Å². The van der Waals surface area contributed by atoms with E-state index in [1.165, 1.54) is 0 Å². The Morgan fingerprint density at radius 3 is 3.05 bits per heavy atom. The average Bonchev–Trinajstić information content (AvgIpc) is 3.04. The smallest absolute Gasteiger partial charge is 0.254 e. The van der Waals surface area contributed by atoms with Crippen molar-refractivity contribution < 1.29 is 19.4 Å². The minimum Gasteiger partial charge on any atom is -0.454 e. The van der Waals surface area contributed by atoms with Crippen LogP contribution in [0.2, 0.25) is 5.02 Å². The second kappa shape index (κ2) is 5.14. The lowest BCUT2D eigenvalue weighted by molar-refractivity contribution is 0.0648. The number of likely N-dealkylation sites (tertiary alicyclic amines) is 1. The Morgan fingerprint density at radius 1 is 1.50 bits per heavy atom. The minimum absolute atomic E-state index is 0.0226. The van der Waals surface area contributed by atoms with Crippen molar-refractivity contribution in [1.29, 1.82) is 0 Å². The largest absolute Gasteiger partial charge is 0.454 e. The fourth-order valence-corrected chi connectivity index (χ4v) is 3.06. The topological polar surface area (TPSA) is 59.0 Å². The van der Waals surface area contributed by atoms with Crippen molar-refractivity contribution in [2.24, 2.45) is 5.92 Å². The van der Waals surface area contributed by atoms with E-state index in [4.69, 9.17) is 21.1 Å². The second-order valence-corrected chi connectivity index (χ2v) is 5.61. The van der Waals surface area contributed by atoms with Gasteiger partial charge in [-0.05, 0) is 24.5 Å². The first-order valence-corrected chi connectivity index (χ1v) is 7.00. The Balaban J connectivity index is 1.90. The molecule has 0 bridgehead atoms. The van der Waals surface area contributed by atoms with E-state index in [1.54, 1.807) is 17.0 Å². The molecule has 1 saturated heterocycles. The fourth-order valence-electron chi connectivity index (χ4n) is 2.80. The Morgan fingerprint density at radius 2 is 2.30 bits per heavy atom. The fraction of sp³-hybridized carbons (Fsp3) is 0.500. The summed E-state index contributed by atoms with van der Waals surface area (Å²) in [6, 6.07) is 3.11. The molecule has 1 aromatic carbocycles. The number of aliphatic hydroxyl groups excluding tert-OH is 1. The van der Waals surface area contributed by atoms with Crippen LogP contribution in [0.3, 0.4) is 0 Å². The Hall–Kier alpha value is -1.46. The number of hydrogen-bond acceptors (Lipinski definition) is 4. The predicted octanol–water partition coefficient (Wildman–Crippen LogP) is 1.91. The number of hydrogen-bond donors (Lipinski definition) is 1. The molecule has 2 aliphatic rings. The molecule has 2 unspecified atom stereocenters. The van der Waals surface area contributed by atoms with Crippen molar-refractivity contribution in [3.63, 3.8) is 0 Å². The van der Waals surface area contributed by atoms with E-state index in [9.17, 15) is 9.90 Å². The minimum atomic E-state index is -0.133. The maximum absolute atomic E-state index is 12.6. The second-order valence-electron chi connectivity index (χ2n) is 5.21. The van der Waals surface area contributed by atoms with Crippen LogP contribution in [-0.2, 0) is 0 Å². The van der Waals surface area contributed by atoms with Gasteiger partial charge in [-0.3, -0.25) is 4.79 Å². The number of fused-ring (bicyclic) bond motifs is 1. The van der Waals surface area contributed by atoms with E-state index in [-0.39, 0.29) is 25.3 Å². The Bertz CT molecular complexity index is 548. The monoisotopic (exact) mass is 297 g/mol. The van der Waals surface area contributed by atoms with Crippen molar-refractivity contribution >= 4 is 17.5 Å². The van der Waals surface area contributed by atoms with Gasteiger partial charge >= 0.3 is 0 Å². The average molecular weight is 298 g/mol. The van der Waals surface area contributed by atoms with Gasteiger partial charge in [0, 0.05) is 12.1 Å². The normalized spacial score (nSPS) is 24.2. The SMILES string of the molecule is CC1CCN(C(=O)c2cc(Cl)c3c(c2)OCO3)C1CO. The molecule has 5 nitrogen and oxygen atoms in total. The quantitative estimate of drug-likeness (QED) is 0.906. The number of carbonyl (C=O) groups is 1. The van der Waals surface area contributed by atoms with Crippen molar-refractivity contribution in [2.45, 2.75) is 19.4 Å². The van der Waals surface area contributed by atoms with E-state index in [2.05, 4.69) is 0 Å². The van der Waals surface area contributed by atoms with E-state index in [0.717, 1.165) is 6.42 Å². The third-order valence-electron chi connectivity index (χ3n) is 4.00. The number of carbonyl (C=O) groups excluding carboxylic acids is 1. The zero-order chi connectivity index (χ0) is 14.3. The van der Waals surface area contributed by atoms with Gasteiger partial charge in [0.05, 0.1) is 17.7 Å². The molecule has 20 heavy (non-hydrogen) atoms. The van der Waals surface area contributed by atoms with Gasteiger partial charge < -0.3 is 19.5 Å². The van der Waals surface area contributed by atoms with Crippen LogP contribution in [0.4, 0.5) is 0 Å². The number of ether oxygens (including phenoxy) is 2. The summed E-state index contributed by atoms with van der Waals surface area (Å²) >= 11 is 6.10. The third-order valence-corrected chi connectivity index (χ3v) is 4.29. The van der Waals surface area contributed by atoms with Crippen LogP contribution >= 0.6 is 11.6 Å². The maximum atomic E-state index is 12.6. The van der Waals surface area contributed by atoms with Gasteiger partial charge in [0.1, 0.15) is 0 Å². The number of benzene rings is 1. The van der Waals surface area contributed by atoms with Crippen molar-refractivity contribution in [3.8, 4) is 11.5 Å². The summed E-state index contributed by atoms with van der Waals surface area (Å²) < 4.78 is 10.5. The zero-order valence-corrected chi connectivity index (χ0v) is 11.9. The van der Waals surface area contributed by atoms with Crippen molar-refractivity contribution in [1.82, 2.24) is 4.90 Å². The molecule has 0 radical (unpaired) electrons. The van der Waals surface area contributed by atoms with Crippen LogP contribution in [0.5, 0.6) is 11.5 Å². The van der Waals surface area contributed by atoms with Crippen LogP contribution < -0.4 is 9.47 Å². The molecule has 108 valence electrons. The van der Waals surface area contributed by atoms with E-state index in [0.29, 0.717) is 34.5 Å². The van der Waals surface area contributed by atoms with Gasteiger partial charge in [-0.25, -0.2) is 0 Å². The first kappa shape index (κ1) is 13.5. The number of aliphatic hydroxyl groups is 1. The molecule has 2 aliphatic heterocycles. The highest BCUT2D eigenvalue weighted by molar-refractivity contribution is 6.32. The van der Waals surface area contributed by atoms with Crippen molar-refractivity contribution in [2.75, 3.05) is 19.9 Å². The Labute approximate surface area is 122 Å². The number of amides is 1. The molecule has 2 heterocycles. The first-order chi connectivity index (χ1) is 9.61. The highest BCUT2D eigenvalue weighted by Crippen LogP contribution is 2.40. The summed E-state index contributed by atoms with van der Waals surface area (Å²) in [5, 5.41) is 9.82. The van der Waals surface area contributed by atoms with E-state index >= 15 is 0 Å². The van der Waals surface area contributed by atoms with Gasteiger partial charge in [-0.1, -0.05) is 18.5 Å². The molecule has 1 aromatic rings. The van der Waals surface area contributed by atoms with Crippen molar-refractivity contribution in [3.05, 3.63) is 22.7 Å². The van der Waals surface area contributed by atoms with Gasteiger partial charge in [-0.2, -0.15) is 0 Å². The maximum Gasteiger partial charge on any atom is 0.254 e. The third kappa shape index (κ3) is 2.11. The molecule has 0 saturated carbocycles. The van der Waals surface area contributed by atoms with E-state index < -0.39 is 0 Å². The molecule has 0 aliphatic carbocycles. The molecule has 3 rings (SSSR count). The molecular formula is C14H16ClNO4. The van der Waals surface area contributed by atoms with Crippen LogP contribution in [-0.4, -0.2) is 41.9 Å². The molecule has 6 heteroatoms. The zero-order valence-electron chi connectivity index (χ0n) is 11.1.